The van der Waals surface area contributed by atoms with Gasteiger partial charge in [-0.2, -0.15) is 0 Å². The van der Waals surface area contributed by atoms with E-state index in [0.29, 0.717) is 5.88 Å². The molecule has 0 radical (unpaired) electrons. The average molecular weight is 294 g/mol. The Balaban J connectivity index is 1.95. The Kier molecular flexibility index (Phi) is 2.75. The van der Waals surface area contributed by atoms with E-state index in [9.17, 15) is 0 Å². The minimum atomic E-state index is 0.560. The van der Waals surface area contributed by atoms with Crippen LogP contribution in [0.5, 0.6) is 11.6 Å². The van der Waals surface area contributed by atoms with Crippen molar-refractivity contribution in [3.8, 4) is 22.9 Å². The molecule has 6 nitrogen and oxygen atoms in total. The molecule has 3 aromatic heterocycles. The van der Waals surface area contributed by atoms with Crippen molar-refractivity contribution < 1.29 is 9.47 Å². The Morgan fingerprint density at radius 2 is 1.91 bits per heavy atom. The smallest absolute Gasteiger partial charge is 0.225 e. The summed E-state index contributed by atoms with van der Waals surface area (Å²) in [5.41, 5.74) is 3.80. The van der Waals surface area contributed by atoms with Gasteiger partial charge in [0.1, 0.15) is 17.7 Å². The highest BCUT2D eigenvalue weighted by Crippen LogP contribution is 2.33. The number of nitrogens with zero attached hydrogens (tertiary/aromatic N) is 2. The highest BCUT2D eigenvalue weighted by Gasteiger charge is 2.13. The van der Waals surface area contributed by atoms with Crippen LogP contribution in [0.15, 0.2) is 36.8 Å². The first-order valence-electron chi connectivity index (χ1n) is 6.83. The lowest BCUT2D eigenvalue weighted by Crippen LogP contribution is -1.88. The minimum absolute atomic E-state index is 0.560. The Bertz CT molecular complexity index is 971. The number of benzene rings is 1. The summed E-state index contributed by atoms with van der Waals surface area (Å²) in [5, 5.41) is 1.94. The molecule has 4 rings (SSSR count). The van der Waals surface area contributed by atoms with Crippen molar-refractivity contribution in [2.75, 3.05) is 14.2 Å². The van der Waals surface area contributed by atoms with E-state index in [1.54, 1.807) is 14.2 Å². The van der Waals surface area contributed by atoms with E-state index in [-0.39, 0.29) is 0 Å². The van der Waals surface area contributed by atoms with Crippen LogP contribution in [0.2, 0.25) is 0 Å². The van der Waals surface area contributed by atoms with Crippen molar-refractivity contribution in [1.82, 2.24) is 19.9 Å². The zero-order valence-electron chi connectivity index (χ0n) is 12.2. The van der Waals surface area contributed by atoms with Gasteiger partial charge in [0.15, 0.2) is 0 Å². The summed E-state index contributed by atoms with van der Waals surface area (Å²) >= 11 is 0. The van der Waals surface area contributed by atoms with Crippen LogP contribution in [0.1, 0.15) is 0 Å². The van der Waals surface area contributed by atoms with E-state index >= 15 is 0 Å². The van der Waals surface area contributed by atoms with Gasteiger partial charge in [-0.25, -0.2) is 9.97 Å². The van der Waals surface area contributed by atoms with Crippen LogP contribution in [-0.2, 0) is 0 Å². The molecule has 0 unspecified atom stereocenters. The van der Waals surface area contributed by atoms with E-state index in [1.807, 2.05) is 30.5 Å². The summed E-state index contributed by atoms with van der Waals surface area (Å²) in [6.07, 6.45) is 3.45. The molecule has 3 heterocycles. The molecule has 0 atom stereocenters. The van der Waals surface area contributed by atoms with Crippen molar-refractivity contribution in [3.05, 3.63) is 36.8 Å². The first kappa shape index (κ1) is 12.7. The van der Waals surface area contributed by atoms with Gasteiger partial charge < -0.3 is 19.4 Å². The van der Waals surface area contributed by atoms with Crippen molar-refractivity contribution in [2.45, 2.75) is 0 Å². The van der Waals surface area contributed by atoms with E-state index in [0.717, 1.165) is 38.9 Å². The van der Waals surface area contributed by atoms with Gasteiger partial charge in [0, 0.05) is 22.7 Å². The highest BCUT2D eigenvalue weighted by molar-refractivity contribution is 5.98. The number of fused-ring (bicyclic) bond motifs is 2. The zero-order chi connectivity index (χ0) is 15.1. The fraction of sp³-hybridized carbons (Fsp3) is 0.125. The number of H-pyrrole nitrogens is 2. The lowest BCUT2D eigenvalue weighted by atomic mass is 10.1. The number of aromatic amines is 2. The summed E-state index contributed by atoms with van der Waals surface area (Å²) in [6, 6.07) is 7.94. The summed E-state index contributed by atoms with van der Waals surface area (Å²) in [4.78, 5) is 15.0. The third kappa shape index (κ3) is 1.81. The van der Waals surface area contributed by atoms with Crippen LogP contribution < -0.4 is 9.47 Å². The maximum absolute atomic E-state index is 5.31. The maximum atomic E-state index is 5.31. The Labute approximate surface area is 126 Å². The molecule has 0 amide bonds. The number of hydrogen-bond acceptors (Lipinski definition) is 4. The fourth-order valence-corrected chi connectivity index (χ4v) is 2.67. The quantitative estimate of drug-likeness (QED) is 0.608. The number of methoxy groups -OCH3 is 2. The van der Waals surface area contributed by atoms with Gasteiger partial charge in [0.25, 0.3) is 0 Å². The summed E-state index contributed by atoms with van der Waals surface area (Å²) in [5.74, 6) is 1.38. The molecule has 0 saturated carbocycles. The second kappa shape index (κ2) is 4.77. The zero-order valence-corrected chi connectivity index (χ0v) is 12.2. The van der Waals surface area contributed by atoms with E-state index in [1.165, 1.54) is 6.33 Å². The Morgan fingerprint density at radius 1 is 1.00 bits per heavy atom. The lowest BCUT2D eigenvalue weighted by molar-refractivity contribution is 0.402. The van der Waals surface area contributed by atoms with Crippen LogP contribution >= 0.6 is 0 Å². The van der Waals surface area contributed by atoms with Crippen molar-refractivity contribution >= 4 is 21.9 Å². The molecule has 0 saturated heterocycles. The van der Waals surface area contributed by atoms with E-state index < -0.39 is 0 Å². The van der Waals surface area contributed by atoms with Gasteiger partial charge in [-0.3, -0.25) is 0 Å². The third-order valence-corrected chi connectivity index (χ3v) is 3.76. The van der Waals surface area contributed by atoms with Crippen molar-refractivity contribution in [3.63, 3.8) is 0 Å². The highest BCUT2D eigenvalue weighted by atomic mass is 16.5. The van der Waals surface area contributed by atoms with Crippen LogP contribution in [0, 0.1) is 0 Å². The Morgan fingerprint density at radius 3 is 2.73 bits per heavy atom. The largest absolute Gasteiger partial charge is 0.497 e. The summed E-state index contributed by atoms with van der Waals surface area (Å²) in [6.45, 7) is 0. The Hall–Kier alpha value is -3.02. The lowest BCUT2D eigenvalue weighted by Gasteiger charge is -2.00. The predicted molar refractivity (Wildman–Crippen MR) is 84.3 cm³/mol. The molecule has 6 heteroatoms. The van der Waals surface area contributed by atoms with Gasteiger partial charge in [0.2, 0.25) is 5.88 Å². The predicted octanol–water partition coefficient (Wildman–Crippen LogP) is 3.12. The number of aromatic nitrogens is 4. The first-order valence-corrected chi connectivity index (χ1v) is 6.83. The molecule has 0 aliphatic rings. The molecule has 2 N–H and O–H groups in total. The van der Waals surface area contributed by atoms with Gasteiger partial charge in [0.05, 0.1) is 25.3 Å². The molecule has 0 bridgehead atoms. The van der Waals surface area contributed by atoms with E-state index in [4.69, 9.17) is 9.47 Å². The summed E-state index contributed by atoms with van der Waals surface area (Å²) < 4.78 is 10.6. The second-order valence-electron chi connectivity index (χ2n) is 4.94. The number of hydrogen-bond donors (Lipinski definition) is 2. The summed E-state index contributed by atoms with van der Waals surface area (Å²) in [7, 11) is 3.27. The van der Waals surface area contributed by atoms with Gasteiger partial charge in [-0.1, -0.05) is 0 Å². The van der Waals surface area contributed by atoms with E-state index in [2.05, 4.69) is 19.9 Å². The van der Waals surface area contributed by atoms with Crippen LogP contribution in [0.4, 0.5) is 0 Å². The molecule has 110 valence electrons. The average Bonchev–Trinajstić information content (AvgIpc) is 3.16. The van der Waals surface area contributed by atoms with Crippen LogP contribution in [0.3, 0.4) is 0 Å². The first-order chi connectivity index (χ1) is 10.8. The second-order valence-corrected chi connectivity index (χ2v) is 4.94. The van der Waals surface area contributed by atoms with Gasteiger partial charge in [-0.05, 0) is 24.3 Å². The van der Waals surface area contributed by atoms with Crippen LogP contribution in [0.25, 0.3) is 33.2 Å². The molecule has 0 aliphatic heterocycles. The normalized spacial score (nSPS) is 11.2. The molecular formula is C16H14N4O2. The molecule has 0 spiro atoms. The van der Waals surface area contributed by atoms with Gasteiger partial charge in [-0.15, -0.1) is 0 Å². The van der Waals surface area contributed by atoms with Crippen molar-refractivity contribution in [2.24, 2.45) is 0 Å². The molecule has 1 aromatic carbocycles. The number of ether oxygens (including phenoxy) is 2. The molecule has 0 fully saturated rings. The van der Waals surface area contributed by atoms with Crippen LogP contribution in [-0.4, -0.2) is 34.2 Å². The monoisotopic (exact) mass is 294 g/mol. The molecule has 0 aliphatic carbocycles. The molecule has 22 heavy (non-hydrogen) atoms. The van der Waals surface area contributed by atoms with Crippen molar-refractivity contribution in [1.29, 1.82) is 0 Å². The number of rotatable bonds is 3. The molecule has 4 aromatic rings. The third-order valence-electron chi connectivity index (χ3n) is 3.76. The topological polar surface area (TPSA) is 75.8 Å². The molecular weight excluding hydrogens is 280 g/mol. The minimum Gasteiger partial charge on any atom is -0.497 e. The SMILES string of the molecule is COc1ccc2[nH]cc(-c3cc4c(OC)ncnc4[nH]3)c2c1. The standard InChI is InChI=1S/C16H14N4O2/c1-21-9-3-4-13-10(5-9)12(7-17-13)14-6-11-15(20-14)18-8-19-16(11)22-2/h3-8,17H,1-2H3,(H,18,19,20). The number of nitrogens with one attached hydrogen (secondary N) is 2. The van der Waals surface area contributed by atoms with Gasteiger partial charge >= 0.3 is 0 Å². The maximum Gasteiger partial charge on any atom is 0.225 e. The fourth-order valence-electron chi connectivity index (χ4n) is 2.67.